The molecule has 0 aliphatic heterocycles. The minimum absolute atomic E-state index is 0.246. The van der Waals surface area contributed by atoms with Crippen LogP contribution in [0.5, 0.6) is 0 Å². The summed E-state index contributed by atoms with van der Waals surface area (Å²) in [5.41, 5.74) is -0.772. The Labute approximate surface area is 66.0 Å². The average Bonchev–Trinajstić information content (AvgIpc) is 2.03. The minimum atomic E-state index is -1.04. The Bertz CT molecular complexity index is 340. The van der Waals surface area contributed by atoms with Crippen molar-refractivity contribution in [1.29, 1.82) is 0 Å². The van der Waals surface area contributed by atoms with Crippen LogP contribution in [0.2, 0.25) is 0 Å². The van der Waals surface area contributed by atoms with Gasteiger partial charge in [0.1, 0.15) is 5.69 Å². The van der Waals surface area contributed by atoms with Gasteiger partial charge in [-0.15, -0.1) is 0 Å². The topological polar surface area (TPSA) is 73.1 Å². The highest BCUT2D eigenvalue weighted by molar-refractivity contribution is 5.72. The number of hydrogen-bond acceptors (Lipinski definition) is 4. The van der Waals surface area contributed by atoms with Gasteiger partial charge >= 0.3 is 0 Å². The highest BCUT2D eigenvalue weighted by Gasteiger charge is 2.09. The van der Waals surface area contributed by atoms with Crippen LogP contribution in [0.15, 0.2) is 12.1 Å². The fourth-order valence-electron chi connectivity index (χ4n) is 0.669. The molecule has 0 aliphatic carbocycles. The number of carbonyl (C=O) groups is 1. The largest absolute Gasteiger partial charge is 0.296 e. The van der Waals surface area contributed by atoms with Crippen molar-refractivity contribution in [2.24, 2.45) is 0 Å². The maximum Gasteiger partial charge on any atom is 0.276 e. The molecule has 1 heterocycles. The molecule has 0 radical (unpaired) electrons. The summed E-state index contributed by atoms with van der Waals surface area (Å²) < 4.78 is 12.4. The van der Waals surface area contributed by atoms with Crippen molar-refractivity contribution in [2.75, 3.05) is 0 Å². The molecule has 0 saturated carbocycles. The molecular formula is C6H3FN2O3. The molecule has 12 heavy (non-hydrogen) atoms. The molecule has 0 aliphatic rings. The quantitative estimate of drug-likeness (QED) is 0.286. The van der Waals surface area contributed by atoms with Crippen LogP contribution in [0, 0.1) is 16.1 Å². The Hall–Kier alpha value is -1.85. The Morgan fingerprint density at radius 3 is 2.75 bits per heavy atom. The van der Waals surface area contributed by atoms with E-state index in [1.165, 1.54) is 0 Å². The number of nitro groups is 1. The third-order valence-corrected chi connectivity index (χ3v) is 1.13. The first-order valence-electron chi connectivity index (χ1n) is 2.90. The van der Waals surface area contributed by atoms with Gasteiger partial charge in [-0.1, -0.05) is 0 Å². The molecule has 1 aromatic rings. The predicted octanol–water partition coefficient (Wildman–Crippen LogP) is 0.941. The molecule has 0 saturated heterocycles. The zero-order valence-corrected chi connectivity index (χ0v) is 5.73. The van der Waals surface area contributed by atoms with Gasteiger partial charge < -0.3 is 0 Å². The molecule has 0 aromatic carbocycles. The van der Waals surface area contributed by atoms with Gasteiger partial charge in [0.2, 0.25) is 5.95 Å². The first kappa shape index (κ1) is 8.25. The highest BCUT2D eigenvalue weighted by atomic mass is 19.1. The second-order valence-electron chi connectivity index (χ2n) is 1.95. The van der Waals surface area contributed by atoms with Gasteiger partial charge in [0, 0.05) is 6.07 Å². The lowest BCUT2D eigenvalue weighted by Gasteiger charge is -1.92. The van der Waals surface area contributed by atoms with Crippen molar-refractivity contribution in [1.82, 2.24) is 4.98 Å². The van der Waals surface area contributed by atoms with E-state index in [2.05, 4.69) is 4.98 Å². The number of carbonyl (C=O) groups excluding carboxylic acids is 1. The lowest BCUT2D eigenvalue weighted by Crippen LogP contribution is -1.95. The molecule has 0 unspecified atom stereocenters. The maximum absolute atomic E-state index is 12.4. The Morgan fingerprint density at radius 2 is 2.25 bits per heavy atom. The summed E-state index contributed by atoms with van der Waals surface area (Å²) in [6.45, 7) is 0. The van der Waals surface area contributed by atoms with Crippen LogP contribution in [0.4, 0.5) is 10.1 Å². The van der Waals surface area contributed by atoms with E-state index in [1.54, 1.807) is 0 Å². The van der Waals surface area contributed by atoms with Crippen molar-refractivity contribution >= 4 is 12.0 Å². The van der Waals surface area contributed by atoms with E-state index in [0.717, 1.165) is 6.07 Å². The van der Waals surface area contributed by atoms with Crippen LogP contribution in [0.25, 0.3) is 0 Å². The number of aromatic nitrogens is 1. The van der Waals surface area contributed by atoms with Crippen molar-refractivity contribution in [3.63, 3.8) is 0 Å². The van der Waals surface area contributed by atoms with Gasteiger partial charge in [-0.3, -0.25) is 14.9 Å². The second kappa shape index (κ2) is 3.04. The Balaban J connectivity index is 3.23. The standard InChI is InChI=1S/C6H3FN2O3/c7-6-2-5(9(11)12)1-4(3-10)8-6/h1-3H. The van der Waals surface area contributed by atoms with E-state index in [0.29, 0.717) is 6.07 Å². The van der Waals surface area contributed by atoms with Crippen molar-refractivity contribution in [3.8, 4) is 0 Å². The van der Waals surface area contributed by atoms with Crippen LogP contribution in [-0.2, 0) is 0 Å². The highest BCUT2D eigenvalue weighted by Crippen LogP contribution is 2.11. The lowest BCUT2D eigenvalue weighted by molar-refractivity contribution is -0.385. The molecule has 0 atom stereocenters. The number of halogens is 1. The van der Waals surface area contributed by atoms with Gasteiger partial charge in [-0.25, -0.2) is 4.98 Å². The zero-order chi connectivity index (χ0) is 9.14. The molecule has 0 spiro atoms. The molecule has 6 heteroatoms. The molecule has 5 nitrogen and oxygen atoms in total. The van der Waals surface area contributed by atoms with Crippen LogP contribution >= 0.6 is 0 Å². The predicted molar refractivity (Wildman–Crippen MR) is 36.2 cm³/mol. The smallest absolute Gasteiger partial charge is 0.276 e. The summed E-state index contributed by atoms with van der Waals surface area (Å²) in [4.78, 5) is 22.5. The normalized spacial score (nSPS) is 9.42. The van der Waals surface area contributed by atoms with Gasteiger partial charge in [0.05, 0.1) is 11.0 Å². The van der Waals surface area contributed by atoms with Crippen LogP contribution in [0.3, 0.4) is 0 Å². The van der Waals surface area contributed by atoms with Crippen LogP contribution < -0.4 is 0 Å². The van der Waals surface area contributed by atoms with Crippen LogP contribution in [0.1, 0.15) is 10.5 Å². The molecule has 0 bridgehead atoms. The first-order chi connectivity index (χ1) is 5.63. The zero-order valence-electron chi connectivity index (χ0n) is 5.73. The molecule has 0 fully saturated rings. The second-order valence-corrected chi connectivity index (χ2v) is 1.95. The van der Waals surface area contributed by atoms with Crippen LogP contribution in [-0.4, -0.2) is 16.2 Å². The van der Waals surface area contributed by atoms with E-state index in [4.69, 9.17) is 0 Å². The number of nitrogens with zero attached hydrogens (tertiary/aromatic N) is 2. The molecule has 1 aromatic heterocycles. The van der Waals surface area contributed by atoms with Crippen molar-refractivity contribution in [2.45, 2.75) is 0 Å². The fourth-order valence-corrected chi connectivity index (χ4v) is 0.669. The maximum atomic E-state index is 12.4. The van der Waals surface area contributed by atoms with Gasteiger partial charge in [-0.2, -0.15) is 4.39 Å². The van der Waals surface area contributed by atoms with E-state index in [-0.39, 0.29) is 12.0 Å². The summed E-state index contributed by atoms with van der Waals surface area (Å²) >= 11 is 0. The fraction of sp³-hybridized carbons (Fsp3) is 0. The lowest BCUT2D eigenvalue weighted by atomic mass is 10.3. The molecule has 1 rings (SSSR count). The summed E-state index contributed by atoms with van der Waals surface area (Å²) in [5.74, 6) is -1.04. The van der Waals surface area contributed by atoms with Crippen molar-refractivity contribution in [3.05, 3.63) is 33.9 Å². The van der Waals surface area contributed by atoms with Gasteiger partial charge in [0.15, 0.2) is 6.29 Å². The molecular weight excluding hydrogens is 167 g/mol. The van der Waals surface area contributed by atoms with E-state index < -0.39 is 16.6 Å². The SMILES string of the molecule is O=Cc1cc([N+](=O)[O-])cc(F)n1. The summed E-state index contributed by atoms with van der Waals surface area (Å²) in [7, 11) is 0. The first-order valence-corrected chi connectivity index (χ1v) is 2.90. The third-order valence-electron chi connectivity index (χ3n) is 1.13. The molecule has 62 valence electrons. The number of rotatable bonds is 2. The number of aldehydes is 1. The molecule has 0 amide bonds. The summed E-state index contributed by atoms with van der Waals surface area (Å²) in [5, 5.41) is 10.1. The minimum Gasteiger partial charge on any atom is -0.296 e. The van der Waals surface area contributed by atoms with Gasteiger partial charge in [-0.05, 0) is 0 Å². The Morgan fingerprint density at radius 1 is 1.58 bits per heavy atom. The van der Waals surface area contributed by atoms with E-state index in [9.17, 15) is 19.3 Å². The molecule has 0 N–H and O–H groups in total. The van der Waals surface area contributed by atoms with Crippen molar-refractivity contribution < 1.29 is 14.1 Å². The average molecular weight is 170 g/mol. The monoisotopic (exact) mass is 170 g/mol. The third kappa shape index (κ3) is 1.60. The summed E-state index contributed by atoms with van der Waals surface area (Å²) in [6, 6.07) is 1.54. The van der Waals surface area contributed by atoms with Gasteiger partial charge in [0.25, 0.3) is 5.69 Å². The van der Waals surface area contributed by atoms with E-state index >= 15 is 0 Å². The summed E-state index contributed by atoms with van der Waals surface area (Å²) in [6.07, 6.45) is 0.246. The Kier molecular flexibility index (Phi) is 2.09. The number of hydrogen-bond donors (Lipinski definition) is 0. The van der Waals surface area contributed by atoms with E-state index in [1.807, 2.05) is 0 Å². The number of pyridine rings is 1.